The summed E-state index contributed by atoms with van der Waals surface area (Å²) in [5.41, 5.74) is 1.67. The Morgan fingerprint density at radius 3 is 2.61 bits per heavy atom. The van der Waals surface area contributed by atoms with Crippen LogP contribution in [0.3, 0.4) is 0 Å². The van der Waals surface area contributed by atoms with Crippen LogP contribution >= 0.6 is 0 Å². The van der Waals surface area contributed by atoms with E-state index in [1.54, 1.807) is 32.9 Å². The van der Waals surface area contributed by atoms with Crippen LogP contribution < -0.4 is 4.74 Å². The molecule has 18 heavy (non-hydrogen) atoms. The van der Waals surface area contributed by atoms with Gasteiger partial charge in [-0.3, -0.25) is 0 Å². The maximum Gasteiger partial charge on any atom is 0.347 e. The molecule has 0 heterocycles. The maximum absolute atomic E-state index is 11.5. The van der Waals surface area contributed by atoms with Gasteiger partial charge in [0.1, 0.15) is 5.75 Å². The van der Waals surface area contributed by atoms with E-state index < -0.39 is 18.2 Å². The van der Waals surface area contributed by atoms with E-state index in [1.807, 2.05) is 13.0 Å². The number of carbonyl (C=O) groups excluding carboxylic acids is 1. The minimum Gasteiger partial charge on any atom is -0.479 e. The highest BCUT2D eigenvalue weighted by molar-refractivity contribution is 5.74. The van der Waals surface area contributed by atoms with Crippen molar-refractivity contribution < 1.29 is 19.4 Å². The molecule has 4 nitrogen and oxygen atoms in total. The van der Waals surface area contributed by atoms with E-state index in [4.69, 9.17) is 9.47 Å². The smallest absolute Gasteiger partial charge is 0.347 e. The van der Waals surface area contributed by atoms with Gasteiger partial charge in [-0.05, 0) is 39.3 Å². The van der Waals surface area contributed by atoms with Crippen molar-refractivity contribution in [3.63, 3.8) is 0 Å². The van der Waals surface area contributed by atoms with Crippen LogP contribution in [0.4, 0.5) is 0 Å². The van der Waals surface area contributed by atoms with Crippen molar-refractivity contribution in [1.29, 1.82) is 0 Å². The molecule has 100 valence electrons. The van der Waals surface area contributed by atoms with Gasteiger partial charge < -0.3 is 14.6 Å². The third kappa shape index (κ3) is 3.74. The lowest BCUT2D eigenvalue weighted by Gasteiger charge is -2.18. The van der Waals surface area contributed by atoms with Crippen molar-refractivity contribution in [3.05, 3.63) is 29.3 Å². The van der Waals surface area contributed by atoms with E-state index in [9.17, 15) is 9.90 Å². The predicted molar refractivity (Wildman–Crippen MR) is 68.5 cm³/mol. The van der Waals surface area contributed by atoms with E-state index in [1.165, 1.54) is 0 Å². The Bertz CT molecular complexity index is 412. The van der Waals surface area contributed by atoms with Gasteiger partial charge >= 0.3 is 5.97 Å². The van der Waals surface area contributed by atoms with Crippen LogP contribution in [0.2, 0.25) is 0 Å². The van der Waals surface area contributed by atoms with Crippen LogP contribution in [-0.2, 0) is 9.53 Å². The Morgan fingerprint density at radius 1 is 1.39 bits per heavy atom. The van der Waals surface area contributed by atoms with E-state index in [0.717, 1.165) is 5.56 Å². The Morgan fingerprint density at radius 2 is 2.06 bits per heavy atom. The highest BCUT2D eigenvalue weighted by atomic mass is 16.6. The molecule has 1 N–H and O–H groups in total. The van der Waals surface area contributed by atoms with Crippen LogP contribution in [-0.4, -0.2) is 23.8 Å². The first-order valence-electron chi connectivity index (χ1n) is 6.07. The van der Waals surface area contributed by atoms with Crippen LogP contribution in [0.25, 0.3) is 0 Å². The number of aryl methyl sites for hydroxylation is 1. The number of hydrogen-bond acceptors (Lipinski definition) is 4. The summed E-state index contributed by atoms with van der Waals surface area (Å²) in [6.07, 6.45) is -1.33. The van der Waals surface area contributed by atoms with Crippen LogP contribution in [0, 0.1) is 6.92 Å². The molecule has 0 saturated carbocycles. The van der Waals surface area contributed by atoms with Gasteiger partial charge in [-0.1, -0.05) is 12.1 Å². The van der Waals surface area contributed by atoms with Gasteiger partial charge in [0.2, 0.25) is 0 Å². The summed E-state index contributed by atoms with van der Waals surface area (Å²) in [6.45, 7) is 7.29. The molecule has 0 spiro atoms. The van der Waals surface area contributed by atoms with Crippen molar-refractivity contribution in [2.24, 2.45) is 0 Å². The molecule has 0 fully saturated rings. The van der Waals surface area contributed by atoms with Gasteiger partial charge in [0.25, 0.3) is 0 Å². The SMILES string of the molecule is CCOC(=O)C(C)Oc1cc(C)ccc1[C@@H](C)O. The Balaban J connectivity index is 2.88. The fourth-order valence-electron chi connectivity index (χ4n) is 1.59. The molecule has 2 atom stereocenters. The van der Waals surface area contributed by atoms with Crippen molar-refractivity contribution in [2.75, 3.05) is 6.61 Å². The van der Waals surface area contributed by atoms with E-state index >= 15 is 0 Å². The number of aliphatic hydroxyl groups excluding tert-OH is 1. The zero-order valence-electron chi connectivity index (χ0n) is 11.3. The van der Waals surface area contributed by atoms with Gasteiger partial charge in [0, 0.05) is 5.56 Å². The average molecular weight is 252 g/mol. The van der Waals surface area contributed by atoms with Crippen molar-refractivity contribution >= 4 is 5.97 Å². The first-order chi connectivity index (χ1) is 8.45. The zero-order chi connectivity index (χ0) is 13.7. The highest BCUT2D eigenvalue weighted by Gasteiger charge is 2.18. The normalized spacial score (nSPS) is 13.8. The monoisotopic (exact) mass is 252 g/mol. The number of rotatable bonds is 5. The van der Waals surface area contributed by atoms with Crippen molar-refractivity contribution in [2.45, 2.75) is 39.9 Å². The molecule has 0 radical (unpaired) electrons. The van der Waals surface area contributed by atoms with E-state index in [-0.39, 0.29) is 0 Å². The number of benzene rings is 1. The van der Waals surface area contributed by atoms with Gasteiger partial charge in [0.15, 0.2) is 6.10 Å². The molecule has 0 aliphatic carbocycles. The number of aliphatic hydroxyl groups is 1. The van der Waals surface area contributed by atoms with Crippen molar-refractivity contribution in [1.82, 2.24) is 0 Å². The molecule has 4 heteroatoms. The number of esters is 1. The summed E-state index contributed by atoms with van der Waals surface area (Å²) in [6, 6.07) is 5.49. The number of ether oxygens (including phenoxy) is 2. The standard InChI is InChI=1S/C14H20O4/c1-5-17-14(16)11(4)18-13-8-9(2)6-7-12(13)10(3)15/h6-8,10-11,15H,5H2,1-4H3/t10-,11?/m1/s1. The minimum atomic E-state index is -0.691. The molecule has 0 bridgehead atoms. The van der Waals surface area contributed by atoms with Crippen LogP contribution in [0.5, 0.6) is 5.75 Å². The second-order valence-corrected chi connectivity index (χ2v) is 4.23. The molecule has 0 aliphatic rings. The van der Waals surface area contributed by atoms with Gasteiger partial charge in [-0.15, -0.1) is 0 Å². The quantitative estimate of drug-likeness (QED) is 0.817. The summed E-state index contributed by atoms with van der Waals surface area (Å²) in [4.78, 5) is 11.5. The third-order valence-electron chi connectivity index (χ3n) is 2.54. The number of carbonyl (C=O) groups is 1. The molecule has 0 aromatic heterocycles. The molecule has 0 amide bonds. The topological polar surface area (TPSA) is 55.8 Å². The summed E-state index contributed by atoms with van der Waals surface area (Å²) in [5, 5.41) is 9.65. The van der Waals surface area contributed by atoms with Crippen molar-refractivity contribution in [3.8, 4) is 5.75 Å². The molecular weight excluding hydrogens is 232 g/mol. The third-order valence-corrected chi connectivity index (χ3v) is 2.54. The van der Waals surface area contributed by atoms with E-state index in [2.05, 4.69) is 0 Å². The first kappa shape index (κ1) is 14.5. The Labute approximate surface area is 108 Å². The molecule has 1 unspecified atom stereocenters. The van der Waals surface area contributed by atoms with E-state index in [0.29, 0.717) is 17.9 Å². The van der Waals surface area contributed by atoms with Crippen LogP contribution in [0.15, 0.2) is 18.2 Å². The molecule has 1 aromatic carbocycles. The van der Waals surface area contributed by atoms with Gasteiger partial charge in [0.05, 0.1) is 12.7 Å². The zero-order valence-corrected chi connectivity index (χ0v) is 11.3. The molecule has 0 aliphatic heterocycles. The molecule has 0 saturated heterocycles. The Hall–Kier alpha value is -1.55. The Kier molecular flexibility index (Phi) is 5.16. The highest BCUT2D eigenvalue weighted by Crippen LogP contribution is 2.27. The van der Waals surface area contributed by atoms with Gasteiger partial charge in [-0.2, -0.15) is 0 Å². The lowest BCUT2D eigenvalue weighted by molar-refractivity contribution is -0.150. The fraction of sp³-hybridized carbons (Fsp3) is 0.500. The molecular formula is C14H20O4. The second kappa shape index (κ2) is 6.40. The predicted octanol–water partition coefficient (Wildman–Crippen LogP) is 2.38. The van der Waals surface area contributed by atoms with Crippen LogP contribution in [0.1, 0.15) is 38.0 Å². The second-order valence-electron chi connectivity index (χ2n) is 4.23. The first-order valence-corrected chi connectivity index (χ1v) is 6.07. The summed E-state index contributed by atoms with van der Waals surface area (Å²) >= 11 is 0. The largest absolute Gasteiger partial charge is 0.479 e. The summed E-state index contributed by atoms with van der Waals surface area (Å²) in [7, 11) is 0. The lowest BCUT2D eigenvalue weighted by atomic mass is 10.1. The maximum atomic E-state index is 11.5. The average Bonchev–Trinajstić information content (AvgIpc) is 2.28. The lowest BCUT2D eigenvalue weighted by Crippen LogP contribution is -2.26. The number of hydrogen-bond donors (Lipinski definition) is 1. The summed E-state index contributed by atoms with van der Waals surface area (Å²) in [5.74, 6) is 0.112. The summed E-state index contributed by atoms with van der Waals surface area (Å²) < 4.78 is 10.4. The fourth-order valence-corrected chi connectivity index (χ4v) is 1.59. The van der Waals surface area contributed by atoms with Gasteiger partial charge in [-0.25, -0.2) is 4.79 Å². The minimum absolute atomic E-state index is 0.323. The molecule has 1 aromatic rings. The molecule has 1 rings (SSSR count).